The highest BCUT2D eigenvalue weighted by Crippen LogP contribution is 2.02. The summed E-state index contributed by atoms with van der Waals surface area (Å²) in [5, 5.41) is 8.98. The van der Waals surface area contributed by atoms with Gasteiger partial charge in [0.2, 0.25) is 0 Å². The molecule has 18 heavy (non-hydrogen) atoms. The quantitative estimate of drug-likeness (QED) is 0.552. The van der Waals surface area contributed by atoms with Crippen molar-refractivity contribution in [1.82, 2.24) is 4.90 Å². The number of methoxy groups -OCH3 is 2. The van der Waals surface area contributed by atoms with Crippen LogP contribution in [0.3, 0.4) is 0 Å². The molecule has 0 radical (unpaired) electrons. The molecule has 0 saturated heterocycles. The molecule has 0 saturated carbocycles. The highest BCUT2D eigenvalue weighted by molar-refractivity contribution is 5.72. The van der Waals surface area contributed by atoms with E-state index in [2.05, 4.69) is 4.90 Å². The molecule has 0 aromatic carbocycles. The van der Waals surface area contributed by atoms with Crippen LogP contribution in [0.25, 0.3) is 0 Å². The maximum absolute atomic E-state index is 10.9. The summed E-state index contributed by atoms with van der Waals surface area (Å²) in [6.07, 6.45) is -0.265. The highest BCUT2D eigenvalue weighted by atomic mass is 16.5. The van der Waals surface area contributed by atoms with E-state index in [1.54, 1.807) is 21.1 Å². The Bertz CT molecular complexity index is 205. The molecule has 0 aliphatic rings. The molecule has 0 amide bonds. The van der Waals surface area contributed by atoms with E-state index in [9.17, 15) is 4.79 Å². The van der Waals surface area contributed by atoms with Crippen LogP contribution in [0.15, 0.2) is 0 Å². The van der Waals surface area contributed by atoms with Gasteiger partial charge in [-0.05, 0) is 13.3 Å². The second-order valence-electron chi connectivity index (χ2n) is 3.90. The molecule has 0 aromatic heterocycles. The zero-order valence-corrected chi connectivity index (χ0v) is 11.6. The zero-order chi connectivity index (χ0) is 13.8. The number of nitrogens with zero attached hydrogens (tertiary/aromatic N) is 1. The van der Waals surface area contributed by atoms with E-state index >= 15 is 0 Å². The number of carboxylic acids is 1. The van der Waals surface area contributed by atoms with Gasteiger partial charge in [0.25, 0.3) is 0 Å². The topological polar surface area (TPSA) is 68.2 Å². The number of hydrogen-bond acceptors (Lipinski definition) is 5. The fourth-order valence-electron chi connectivity index (χ4n) is 1.56. The van der Waals surface area contributed by atoms with Crippen LogP contribution >= 0.6 is 0 Å². The van der Waals surface area contributed by atoms with Crippen molar-refractivity contribution in [3.63, 3.8) is 0 Å². The number of rotatable bonds is 12. The van der Waals surface area contributed by atoms with E-state index in [1.165, 1.54) is 0 Å². The predicted octanol–water partition coefficient (Wildman–Crippen LogP) is 0.461. The molecule has 0 fully saturated rings. The number of aliphatic carboxylic acids is 1. The molecule has 0 aliphatic heterocycles. The fourth-order valence-corrected chi connectivity index (χ4v) is 1.56. The molecule has 0 aliphatic carbocycles. The SMILES string of the molecule is CCOC(CCN(CCOC)CCOC)C(=O)O. The summed E-state index contributed by atoms with van der Waals surface area (Å²) in [5.41, 5.74) is 0. The van der Waals surface area contributed by atoms with E-state index in [0.717, 1.165) is 13.1 Å². The van der Waals surface area contributed by atoms with Crippen LogP contribution in [-0.4, -0.2) is 75.8 Å². The van der Waals surface area contributed by atoms with E-state index in [-0.39, 0.29) is 0 Å². The summed E-state index contributed by atoms with van der Waals surface area (Å²) in [6, 6.07) is 0. The van der Waals surface area contributed by atoms with Crippen molar-refractivity contribution >= 4 is 5.97 Å². The second-order valence-corrected chi connectivity index (χ2v) is 3.90. The van der Waals surface area contributed by atoms with Gasteiger partial charge in [-0.25, -0.2) is 4.79 Å². The van der Waals surface area contributed by atoms with Crippen molar-refractivity contribution in [2.45, 2.75) is 19.4 Å². The van der Waals surface area contributed by atoms with Crippen LogP contribution in [0.5, 0.6) is 0 Å². The van der Waals surface area contributed by atoms with E-state index < -0.39 is 12.1 Å². The summed E-state index contributed by atoms with van der Waals surface area (Å²) in [4.78, 5) is 13.1. The van der Waals surface area contributed by atoms with Crippen LogP contribution in [0.4, 0.5) is 0 Å². The van der Waals surface area contributed by atoms with Crippen molar-refractivity contribution in [3.05, 3.63) is 0 Å². The molecule has 1 N–H and O–H groups in total. The van der Waals surface area contributed by atoms with Crippen LogP contribution in [0.2, 0.25) is 0 Å². The third-order valence-electron chi connectivity index (χ3n) is 2.57. The Balaban J connectivity index is 4.06. The van der Waals surface area contributed by atoms with Gasteiger partial charge < -0.3 is 19.3 Å². The molecule has 1 unspecified atom stereocenters. The average Bonchev–Trinajstić information content (AvgIpc) is 2.36. The Kier molecular flexibility index (Phi) is 11.0. The van der Waals surface area contributed by atoms with Crippen molar-refractivity contribution in [3.8, 4) is 0 Å². The maximum Gasteiger partial charge on any atom is 0.332 e. The van der Waals surface area contributed by atoms with Crippen LogP contribution in [-0.2, 0) is 19.0 Å². The first kappa shape index (κ1) is 17.3. The number of hydrogen-bond donors (Lipinski definition) is 1. The Morgan fingerprint density at radius 2 is 1.72 bits per heavy atom. The van der Waals surface area contributed by atoms with Crippen LogP contribution < -0.4 is 0 Å². The third kappa shape index (κ3) is 8.41. The van der Waals surface area contributed by atoms with E-state index in [0.29, 0.717) is 32.8 Å². The van der Waals surface area contributed by atoms with Crippen molar-refractivity contribution in [2.75, 3.05) is 53.7 Å². The van der Waals surface area contributed by atoms with Crippen molar-refractivity contribution < 1.29 is 24.1 Å². The van der Waals surface area contributed by atoms with Crippen molar-refractivity contribution in [1.29, 1.82) is 0 Å². The van der Waals surface area contributed by atoms with E-state index in [1.807, 2.05) is 0 Å². The predicted molar refractivity (Wildman–Crippen MR) is 67.9 cm³/mol. The third-order valence-corrected chi connectivity index (χ3v) is 2.57. The molecular formula is C12H25NO5. The maximum atomic E-state index is 10.9. The first-order valence-corrected chi connectivity index (χ1v) is 6.20. The summed E-state index contributed by atoms with van der Waals surface area (Å²) in [7, 11) is 3.30. The van der Waals surface area contributed by atoms with Gasteiger partial charge >= 0.3 is 5.97 Å². The van der Waals surface area contributed by atoms with Gasteiger partial charge in [0.1, 0.15) is 0 Å². The largest absolute Gasteiger partial charge is 0.479 e. The molecule has 0 heterocycles. The summed E-state index contributed by atoms with van der Waals surface area (Å²) in [6.45, 7) is 5.63. The monoisotopic (exact) mass is 263 g/mol. The van der Waals surface area contributed by atoms with Gasteiger partial charge in [-0.2, -0.15) is 0 Å². The molecule has 1 atom stereocenters. The van der Waals surface area contributed by atoms with Gasteiger partial charge in [0.05, 0.1) is 13.2 Å². The first-order chi connectivity index (χ1) is 8.65. The standard InChI is InChI=1S/C12H25NO5/c1-4-18-11(12(14)15)5-6-13(7-9-16-2)8-10-17-3/h11H,4-10H2,1-3H3,(H,14,15). The normalized spacial score (nSPS) is 12.9. The van der Waals surface area contributed by atoms with Crippen molar-refractivity contribution in [2.24, 2.45) is 0 Å². The lowest BCUT2D eigenvalue weighted by Crippen LogP contribution is -2.35. The van der Waals surface area contributed by atoms with Gasteiger partial charge in [-0.3, -0.25) is 4.90 Å². The summed E-state index contributed by atoms with van der Waals surface area (Å²) < 4.78 is 15.2. The Hall–Kier alpha value is -0.690. The smallest absolute Gasteiger partial charge is 0.332 e. The summed E-state index contributed by atoms with van der Waals surface area (Å²) in [5.74, 6) is -0.907. The van der Waals surface area contributed by atoms with E-state index in [4.69, 9.17) is 19.3 Å². The lowest BCUT2D eigenvalue weighted by Gasteiger charge is -2.23. The van der Waals surface area contributed by atoms with Crippen LogP contribution in [0.1, 0.15) is 13.3 Å². The number of carbonyl (C=O) groups is 1. The molecule has 6 nitrogen and oxygen atoms in total. The molecule has 108 valence electrons. The van der Waals surface area contributed by atoms with Gasteiger partial charge in [-0.1, -0.05) is 0 Å². The minimum Gasteiger partial charge on any atom is -0.479 e. The molecule has 0 rings (SSSR count). The van der Waals surface area contributed by atoms with Crippen LogP contribution in [0, 0.1) is 0 Å². The lowest BCUT2D eigenvalue weighted by atomic mass is 10.2. The highest BCUT2D eigenvalue weighted by Gasteiger charge is 2.18. The molecular weight excluding hydrogens is 238 g/mol. The Labute approximate surface area is 109 Å². The molecule has 0 bridgehead atoms. The summed E-state index contributed by atoms with van der Waals surface area (Å²) >= 11 is 0. The fraction of sp³-hybridized carbons (Fsp3) is 0.917. The number of ether oxygens (including phenoxy) is 3. The molecule has 0 spiro atoms. The Morgan fingerprint density at radius 1 is 1.17 bits per heavy atom. The number of carboxylic acid groups (broad SMARTS) is 1. The van der Waals surface area contributed by atoms with Gasteiger partial charge in [-0.15, -0.1) is 0 Å². The first-order valence-electron chi connectivity index (χ1n) is 6.20. The molecule has 0 aromatic rings. The minimum atomic E-state index is -0.907. The minimum absolute atomic E-state index is 0.410. The van der Waals surface area contributed by atoms with Gasteiger partial charge in [0, 0.05) is 40.5 Å². The van der Waals surface area contributed by atoms with Gasteiger partial charge in [0.15, 0.2) is 6.10 Å². The molecule has 6 heteroatoms. The Morgan fingerprint density at radius 3 is 2.11 bits per heavy atom. The zero-order valence-electron chi connectivity index (χ0n) is 11.6. The lowest BCUT2D eigenvalue weighted by molar-refractivity contribution is -0.150. The second kappa shape index (κ2) is 11.4. The average molecular weight is 263 g/mol.